The quantitative estimate of drug-likeness (QED) is 0.371. The number of amides is 1. The minimum Gasteiger partial charge on any atom is -0.494 e. The fourth-order valence-electron chi connectivity index (χ4n) is 3.55. The maximum Gasteiger partial charge on any atom is 0.339 e. The molecular formula is C27H24N2O4. The van der Waals surface area contributed by atoms with Crippen molar-refractivity contribution in [3.05, 3.63) is 90.1 Å². The fourth-order valence-corrected chi connectivity index (χ4v) is 3.55. The maximum atomic E-state index is 13.1. The van der Waals surface area contributed by atoms with Gasteiger partial charge >= 0.3 is 5.97 Å². The summed E-state index contributed by atoms with van der Waals surface area (Å²) in [7, 11) is 0. The lowest BCUT2D eigenvalue weighted by Gasteiger charge is -2.12. The standard InChI is InChI=1S/C27H24N2O4/c1-3-32-22-13-10-18(11-14-22)23-7-5-6-8-24(23)26(30)29-21-12-9-19-15-20(27(31)33-4-2)17-28-25(19)16-21/h5-17H,3-4H2,1-2H3,(H,29,30). The number of nitrogens with zero attached hydrogens (tertiary/aromatic N) is 1. The zero-order valence-electron chi connectivity index (χ0n) is 18.5. The van der Waals surface area contributed by atoms with E-state index in [1.54, 1.807) is 31.2 Å². The Morgan fingerprint density at radius 3 is 2.45 bits per heavy atom. The Morgan fingerprint density at radius 1 is 0.909 bits per heavy atom. The summed E-state index contributed by atoms with van der Waals surface area (Å²) in [4.78, 5) is 29.4. The lowest BCUT2D eigenvalue weighted by Crippen LogP contribution is -2.13. The van der Waals surface area contributed by atoms with E-state index in [0.717, 1.165) is 22.3 Å². The molecule has 1 amide bonds. The van der Waals surface area contributed by atoms with Crippen molar-refractivity contribution in [2.45, 2.75) is 13.8 Å². The summed E-state index contributed by atoms with van der Waals surface area (Å²) >= 11 is 0. The first-order valence-corrected chi connectivity index (χ1v) is 10.8. The molecule has 6 heteroatoms. The van der Waals surface area contributed by atoms with Crippen LogP contribution in [0.4, 0.5) is 5.69 Å². The molecule has 4 rings (SSSR count). The fraction of sp³-hybridized carbons (Fsp3) is 0.148. The van der Waals surface area contributed by atoms with Gasteiger partial charge in [0.15, 0.2) is 0 Å². The van der Waals surface area contributed by atoms with Crippen LogP contribution in [0.5, 0.6) is 5.75 Å². The highest BCUT2D eigenvalue weighted by Gasteiger charge is 2.14. The number of carbonyl (C=O) groups excluding carboxylic acids is 2. The number of carbonyl (C=O) groups is 2. The second kappa shape index (κ2) is 9.96. The maximum absolute atomic E-state index is 13.1. The van der Waals surface area contributed by atoms with Gasteiger partial charge in [-0.2, -0.15) is 0 Å². The van der Waals surface area contributed by atoms with E-state index >= 15 is 0 Å². The second-order valence-corrected chi connectivity index (χ2v) is 7.31. The lowest BCUT2D eigenvalue weighted by molar-refractivity contribution is 0.0526. The molecule has 0 saturated heterocycles. The van der Waals surface area contributed by atoms with Crippen LogP contribution in [0, 0.1) is 0 Å². The number of nitrogens with one attached hydrogen (secondary N) is 1. The molecule has 0 fully saturated rings. The van der Waals surface area contributed by atoms with E-state index in [-0.39, 0.29) is 5.91 Å². The Labute approximate surface area is 192 Å². The normalized spacial score (nSPS) is 10.6. The molecule has 0 unspecified atom stereocenters. The Bertz CT molecular complexity index is 1300. The molecule has 4 aromatic rings. The van der Waals surface area contributed by atoms with Gasteiger partial charge in [-0.1, -0.05) is 36.4 Å². The van der Waals surface area contributed by atoms with E-state index < -0.39 is 5.97 Å². The van der Waals surface area contributed by atoms with Gasteiger partial charge < -0.3 is 14.8 Å². The van der Waals surface area contributed by atoms with Crippen molar-refractivity contribution in [3.8, 4) is 16.9 Å². The molecule has 1 aromatic heterocycles. The first-order chi connectivity index (χ1) is 16.1. The molecule has 0 aliphatic rings. The van der Waals surface area contributed by atoms with Gasteiger partial charge in [-0.3, -0.25) is 9.78 Å². The smallest absolute Gasteiger partial charge is 0.339 e. The van der Waals surface area contributed by atoms with E-state index in [9.17, 15) is 9.59 Å². The van der Waals surface area contributed by atoms with Gasteiger partial charge in [0.1, 0.15) is 5.75 Å². The van der Waals surface area contributed by atoms with Gasteiger partial charge in [0, 0.05) is 22.8 Å². The van der Waals surface area contributed by atoms with Crippen LogP contribution in [0.3, 0.4) is 0 Å². The Morgan fingerprint density at radius 2 is 1.70 bits per heavy atom. The highest BCUT2D eigenvalue weighted by Crippen LogP contribution is 2.27. The van der Waals surface area contributed by atoms with Crippen LogP contribution < -0.4 is 10.1 Å². The van der Waals surface area contributed by atoms with Crippen molar-refractivity contribution in [3.63, 3.8) is 0 Å². The average molecular weight is 440 g/mol. The number of ether oxygens (including phenoxy) is 2. The minimum absolute atomic E-state index is 0.220. The van der Waals surface area contributed by atoms with Crippen LogP contribution in [0.15, 0.2) is 79.0 Å². The van der Waals surface area contributed by atoms with Crippen LogP contribution in [0.25, 0.3) is 22.0 Å². The van der Waals surface area contributed by atoms with Crippen molar-refractivity contribution in [2.75, 3.05) is 18.5 Å². The third kappa shape index (κ3) is 5.01. The van der Waals surface area contributed by atoms with E-state index in [0.29, 0.717) is 35.5 Å². The predicted octanol–water partition coefficient (Wildman–Crippen LogP) is 5.73. The van der Waals surface area contributed by atoms with Gasteiger partial charge in [-0.05, 0) is 61.4 Å². The SMILES string of the molecule is CCOC(=O)c1cnc2cc(NC(=O)c3ccccc3-c3ccc(OCC)cc3)ccc2c1. The summed E-state index contributed by atoms with van der Waals surface area (Å²) in [5, 5.41) is 3.74. The molecule has 1 N–H and O–H groups in total. The zero-order valence-corrected chi connectivity index (χ0v) is 18.5. The summed E-state index contributed by atoms with van der Waals surface area (Å²) in [6.07, 6.45) is 1.48. The van der Waals surface area contributed by atoms with Gasteiger partial charge in [-0.25, -0.2) is 4.79 Å². The average Bonchev–Trinajstić information content (AvgIpc) is 2.84. The third-order valence-corrected chi connectivity index (χ3v) is 5.10. The number of aromatic nitrogens is 1. The molecule has 0 spiro atoms. The number of esters is 1. The molecule has 33 heavy (non-hydrogen) atoms. The van der Waals surface area contributed by atoms with Gasteiger partial charge in [-0.15, -0.1) is 0 Å². The summed E-state index contributed by atoms with van der Waals surface area (Å²) < 4.78 is 10.5. The van der Waals surface area contributed by atoms with Crippen LogP contribution in [-0.2, 0) is 4.74 Å². The molecule has 1 heterocycles. The molecule has 0 atom stereocenters. The van der Waals surface area contributed by atoms with Crippen molar-refractivity contribution in [2.24, 2.45) is 0 Å². The Kier molecular flexibility index (Phi) is 6.64. The highest BCUT2D eigenvalue weighted by atomic mass is 16.5. The van der Waals surface area contributed by atoms with Crippen molar-refractivity contribution >= 4 is 28.5 Å². The summed E-state index contributed by atoms with van der Waals surface area (Å²) in [6, 6.07) is 22.3. The van der Waals surface area contributed by atoms with Crippen molar-refractivity contribution in [1.29, 1.82) is 0 Å². The molecule has 3 aromatic carbocycles. The van der Waals surface area contributed by atoms with Crippen molar-refractivity contribution in [1.82, 2.24) is 4.98 Å². The van der Waals surface area contributed by atoms with E-state index in [4.69, 9.17) is 9.47 Å². The largest absolute Gasteiger partial charge is 0.494 e. The van der Waals surface area contributed by atoms with Crippen LogP contribution in [-0.4, -0.2) is 30.1 Å². The molecule has 166 valence electrons. The zero-order chi connectivity index (χ0) is 23.2. The van der Waals surface area contributed by atoms with Crippen molar-refractivity contribution < 1.29 is 19.1 Å². The topological polar surface area (TPSA) is 77.5 Å². The highest BCUT2D eigenvalue weighted by molar-refractivity contribution is 6.09. The monoisotopic (exact) mass is 440 g/mol. The second-order valence-electron chi connectivity index (χ2n) is 7.31. The Hall–Kier alpha value is -4.19. The first kappa shape index (κ1) is 22.0. The van der Waals surface area contributed by atoms with Crippen LogP contribution in [0.1, 0.15) is 34.6 Å². The number of anilines is 1. The molecule has 0 aliphatic carbocycles. The molecule has 0 saturated carbocycles. The number of hydrogen-bond donors (Lipinski definition) is 1. The van der Waals surface area contributed by atoms with E-state index in [1.165, 1.54) is 6.20 Å². The van der Waals surface area contributed by atoms with Gasteiger partial charge in [0.2, 0.25) is 0 Å². The number of benzene rings is 3. The van der Waals surface area contributed by atoms with Crippen LogP contribution >= 0.6 is 0 Å². The summed E-state index contributed by atoms with van der Waals surface area (Å²) in [6.45, 7) is 4.60. The number of rotatable bonds is 7. The van der Waals surface area contributed by atoms with Gasteiger partial charge in [0.05, 0.1) is 24.3 Å². The minimum atomic E-state index is -0.407. The molecule has 0 bridgehead atoms. The van der Waals surface area contributed by atoms with E-state index in [2.05, 4.69) is 10.3 Å². The number of hydrogen-bond acceptors (Lipinski definition) is 5. The summed E-state index contributed by atoms with van der Waals surface area (Å²) in [5.74, 6) is 0.162. The van der Waals surface area contributed by atoms with Crippen LogP contribution in [0.2, 0.25) is 0 Å². The Balaban J connectivity index is 1.57. The predicted molar refractivity (Wildman–Crippen MR) is 129 cm³/mol. The summed E-state index contributed by atoms with van der Waals surface area (Å²) in [5.41, 5.74) is 4.00. The molecule has 6 nitrogen and oxygen atoms in total. The van der Waals surface area contributed by atoms with Gasteiger partial charge in [0.25, 0.3) is 5.91 Å². The molecular weight excluding hydrogens is 416 g/mol. The number of pyridine rings is 1. The third-order valence-electron chi connectivity index (χ3n) is 5.10. The number of fused-ring (bicyclic) bond motifs is 1. The lowest BCUT2D eigenvalue weighted by atomic mass is 9.99. The van der Waals surface area contributed by atoms with E-state index in [1.807, 2.05) is 55.5 Å². The molecule has 0 radical (unpaired) electrons. The molecule has 0 aliphatic heterocycles. The first-order valence-electron chi connectivity index (χ1n) is 10.8.